The number of rotatable bonds is 13. The molecule has 0 aromatic carbocycles. The number of carbonyl (C=O) groups excluding carboxylic acids is 1. The third-order valence-corrected chi connectivity index (χ3v) is 3.29. The second-order valence-electron chi connectivity index (χ2n) is 5.00. The Bertz CT molecular complexity index is 184. The summed E-state index contributed by atoms with van der Waals surface area (Å²) in [7, 11) is 0. The molecule has 108 valence electrons. The molecule has 2 N–H and O–H groups in total. The highest BCUT2D eigenvalue weighted by molar-refractivity contribution is 5.44. The maximum Gasteiger partial charge on any atom is 0.120 e. The lowest BCUT2D eigenvalue weighted by Gasteiger charge is -2.01. The maximum atomic E-state index is 9.93. The molecule has 0 spiro atoms. The molecule has 18 heavy (non-hydrogen) atoms. The highest BCUT2D eigenvalue weighted by Crippen LogP contribution is 2.12. The zero-order chi connectivity index (χ0) is 12.6. The van der Waals surface area contributed by atoms with Gasteiger partial charge in [0.2, 0.25) is 0 Å². The van der Waals surface area contributed by atoms with Crippen LogP contribution in [0, 0.1) is 0 Å². The molecule has 0 aromatic rings. The van der Waals surface area contributed by atoms with Crippen LogP contribution in [-0.4, -0.2) is 11.4 Å². The van der Waals surface area contributed by atoms with Crippen LogP contribution in [0.25, 0.3) is 0 Å². The van der Waals surface area contributed by atoms with Gasteiger partial charge in [0, 0.05) is 0 Å². The largest absolute Gasteiger partial charge is 0.412 e. The van der Waals surface area contributed by atoms with Crippen molar-refractivity contribution in [2.24, 2.45) is 0 Å². The van der Waals surface area contributed by atoms with Crippen LogP contribution in [0.1, 0.15) is 90.4 Å². The standard InChI is InChI=1S/C16H30O.H2O/c1-2-3-4-5-6-7-8-9-10-11-12-13-14-15-16-17;/h15H,2-14H2,1H3;1H2. The minimum absolute atomic E-state index is 0. The second kappa shape index (κ2) is 18.8. The highest BCUT2D eigenvalue weighted by atomic mass is 16.1. The van der Waals surface area contributed by atoms with Crippen molar-refractivity contribution in [3.63, 3.8) is 0 Å². The Kier molecular flexibility index (Phi) is 20.6. The molecule has 0 bridgehead atoms. The van der Waals surface area contributed by atoms with Gasteiger partial charge in [-0.1, -0.05) is 77.6 Å². The third kappa shape index (κ3) is 17.8. The summed E-state index contributed by atoms with van der Waals surface area (Å²) in [5, 5.41) is 0. The summed E-state index contributed by atoms with van der Waals surface area (Å²) in [5.41, 5.74) is 0. The van der Waals surface area contributed by atoms with Crippen molar-refractivity contribution in [2.45, 2.75) is 90.4 Å². The van der Waals surface area contributed by atoms with Crippen molar-refractivity contribution in [3.8, 4) is 0 Å². The molecule has 0 heterocycles. The van der Waals surface area contributed by atoms with Crippen molar-refractivity contribution in [1.82, 2.24) is 0 Å². The average molecular weight is 256 g/mol. The van der Waals surface area contributed by atoms with E-state index in [9.17, 15) is 4.79 Å². The predicted octanol–water partition coefficient (Wildman–Crippen LogP) is 4.64. The summed E-state index contributed by atoms with van der Waals surface area (Å²) < 4.78 is 0. The van der Waals surface area contributed by atoms with Gasteiger partial charge in [-0.3, -0.25) is 0 Å². The Morgan fingerprint density at radius 3 is 1.50 bits per heavy atom. The minimum Gasteiger partial charge on any atom is -0.412 e. The fraction of sp³-hybridized carbons (Fsp3) is 0.875. The topological polar surface area (TPSA) is 48.6 Å². The zero-order valence-corrected chi connectivity index (χ0v) is 12.2. The summed E-state index contributed by atoms with van der Waals surface area (Å²) in [6, 6.07) is 0. The maximum absolute atomic E-state index is 9.93. The van der Waals surface area contributed by atoms with E-state index < -0.39 is 0 Å². The number of allylic oxidation sites excluding steroid dienone is 1. The first-order chi connectivity index (χ1) is 8.41. The van der Waals surface area contributed by atoms with Gasteiger partial charge in [-0.25, -0.2) is 4.79 Å². The molecule has 0 aliphatic heterocycles. The monoisotopic (exact) mass is 256 g/mol. The van der Waals surface area contributed by atoms with Crippen molar-refractivity contribution in [3.05, 3.63) is 6.08 Å². The van der Waals surface area contributed by atoms with Crippen LogP contribution >= 0.6 is 0 Å². The minimum atomic E-state index is 0. The average Bonchev–Trinajstić information content (AvgIpc) is 2.35. The summed E-state index contributed by atoms with van der Waals surface area (Å²) in [5.74, 6) is 1.83. The Morgan fingerprint density at radius 2 is 1.11 bits per heavy atom. The smallest absolute Gasteiger partial charge is 0.120 e. The van der Waals surface area contributed by atoms with Crippen LogP contribution in [0.2, 0.25) is 0 Å². The van der Waals surface area contributed by atoms with Gasteiger partial charge in [0.1, 0.15) is 5.94 Å². The van der Waals surface area contributed by atoms with Crippen LogP contribution in [0.15, 0.2) is 6.08 Å². The molecule has 0 atom stereocenters. The van der Waals surface area contributed by atoms with Crippen molar-refractivity contribution in [1.29, 1.82) is 0 Å². The molecule has 0 fully saturated rings. The van der Waals surface area contributed by atoms with Gasteiger partial charge in [-0.15, -0.1) is 0 Å². The molecule has 0 saturated carbocycles. The van der Waals surface area contributed by atoms with Gasteiger partial charge in [-0.05, 0) is 18.9 Å². The Morgan fingerprint density at radius 1 is 0.722 bits per heavy atom. The van der Waals surface area contributed by atoms with E-state index in [0.717, 1.165) is 12.8 Å². The lowest BCUT2D eigenvalue weighted by molar-refractivity contribution is 0.544. The molecule has 0 unspecified atom stereocenters. The fourth-order valence-electron chi connectivity index (χ4n) is 2.15. The fourth-order valence-corrected chi connectivity index (χ4v) is 2.15. The van der Waals surface area contributed by atoms with E-state index in [0.29, 0.717) is 0 Å². The molecule has 0 amide bonds. The van der Waals surface area contributed by atoms with E-state index in [1.54, 1.807) is 6.08 Å². The molecule has 2 heteroatoms. The Hall–Kier alpha value is -0.590. The van der Waals surface area contributed by atoms with E-state index in [1.165, 1.54) is 70.6 Å². The summed E-state index contributed by atoms with van der Waals surface area (Å²) in [6.45, 7) is 2.27. The van der Waals surface area contributed by atoms with E-state index in [1.807, 2.05) is 5.94 Å². The van der Waals surface area contributed by atoms with E-state index in [-0.39, 0.29) is 5.48 Å². The zero-order valence-electron chi connectivity index (χ0n) is 12.2. The lowest BCUT2D eigenvalue weighted by Crippen LogP contribution is -1.82. The first-order valence-electron chi connectivity index (χ1n) is 7.61. The third-order valence-electron chi connectivity index (χ3n) is 3.29. The normalized spacial score (nSPS) is 9.61. The van der Waals surface area contributed by atoms with Crippen LogP contribution in [-0.2, 0) is 4.79 Å². The number of hydrogen-bond donors (Lipinski definition) is 0. The van der Waals surface area contributed by atoms with Crippen molar-refractivity contribution < 1.29 is 10.3 Å². The molecule has 0 aliphatic rings. The quantitative estimate of drug-likeness (QED) is 0.350. The second-order valence-corrected chi connectivity index (χ2v) is 5.00. The van der Waals surface area contributed by atoms with Gasteiger partial charge in [0.05, 0.1) is 0 Å². The Balaban J connectivity index is 0. The first-order valence-corrected chi connectivity index (χ1v) is 7.61. The first kappa shape index (κ1) is 19.7. The molecule has 0 aromatic heterocycles. The van der Waals surface area contributed by atoms with Crippen molar-refractivity contribution >= 4 is 5.94 Å². The van der Waals surface area contributed by atoms with Gasteiger partial charge < -0.3 is 5.48 Å². The number of hydrogen-bond acceptors (Lipinski definition) is 1. The molecule has 0 saturated heterocycles. The van der Waals surface area contributed by atoms with Gasteiger partial charge in [0.25, 0.3) is 0 Å². The molecule has 2 nitrogen and oxygen atoms in total. The molecular weight excluding hydrogens is 224 g/mol. The summed E-state index contributed by atoms with van der Waals surface area (Å²) in [6.07, 6.45) is 19.0. The van der Waals surface area contributed by atoms with Crippen molar-refractivity contribution in [2.75, 3.05) is 0 Å². The van der Waals surface area contributed by atoms with Crippen LogP contribution < -0.4 is 0 Å². The summed E-state index contributed by atoms with van der Waals surface area (Å²) >= 11 is 0. The number of unbranched alkanes of at least 4 members (excludes halogenated alkanes) is 12. The predicted molar refractivity (Wildman–Crippen MR) is 79.6 cm³/mol. The van der Waals surface area contributed by atoms with E-state index >= 15 is 0 Å². The van der Waals surface area contributed by atoms with Gasteiger partial charge in [-0.2, -0.15) is 0 Å². The lowest BCUT2D eigenvalue weighted by atomic mass is 10.0. The van der Waals surface area contributed by atoms with E-state index in [2.05, 4.69) is 6.92 Å². The molecule has 0 aliphatic carbocycles. The molecular formula is C16H32O2. The molecule has 0 radical (unpaired) electrons. The summed E-state index contributed by atoms with van der Waals surface area (Å²) in [4.78, 5) is 9.93. The van der Waals surface area contributed by atoms with Crippen LogP contribution in [0.4, 0.5) is 0 Å². The van der Waals surface area contributed by atoms with Crippen LogP contribution in [0.5, 0.6) is 0 Å². The highest BCUT2D eigenvalue weighted by Gasteiger charge is 1.92. The van der Waals surface area contributed by atoms with Gasteiger partial charge in [0.15, 0.2) is 0 Å². The van der Waals surface area contributed by atoms with Crippen LogP contribution in [0.3, 0.4) is 0 Å². The Labute approximate surface area is 113 Å². The van der Waals surface area contributed by atoms with Gasteiger partial charge >= 0.3 is 0 Å². The SMILES string of the molecule is CCCCCCCCCCCCCCC=C=O.O. The van der Waals surface area contributed by atoms with E-state index in [4.69, 9.17) is 0 Å². The molecule has 0 rings (SSSR count).